The molecule has 5 fully saturated rings. The monoisotopic (exact) mass is 1100 g/mol. The predicted molar refractivity (Wildman–Crippen MR) is 266 cm³/mol. The molecule has 0 bridgehead atoms. The van der Waals surface area contributed by atoms with Gasteiger partial charge in [-0.3, -0.25) is 9.59 Å². The number of hydrogen-bond donors (Lipinski definition) is 11. The van der Waals surface area contributed by atoms with E-state index in [1.54, 1.807) is 41.5 Å². The number of ether oxygens (including phenoxy) is 10. The lowest BCUT2D eigenvalue weighted by atomic mass is 9.64. The summed E-state index contributed by atoms with van der Waals surface area (Å²) in [6.07, 6.45) is -25.6. The zero-order valence-corrected chi connectivity index (χ0v) is 45.1. The number of ketones is 2. The molecule has 2 aromatic carbocycles. The molecule has 434 valence electrons. The number of phenolic OH excluding ortho intramolecular Hbond substituents is 2. The molecule has 4 heterocycles. The van der Waals surface area contributed by atoms with Crippen molar-refractivity contribution in [2.45, 2.75) is 242 Å². The summed E-state index contributed by atoms with van der Waals surface area (Å²) in [4.78, 5) is 29.4. The van der Waals surface area contributed by atoms with Gasteiger partial charge in [0.15, 0.2) is 30.4 Å². The van der Waals surface area contributed by atoms with Crippen LogP contribution in [0.2, 0.25) is 0 Å². The van der Waals surface area contributed by atoms with E-state index < -0.39 is 176 Å². The summed E-state index contributed by atoms with van der Waals surface area (Å²) in [6, 6.07) is 3.05. The number of carbonyl (C=O) groups excluding carboxylic acids is 2. The highest BCUT2D eigenvalue weighted by Gasteiger charge is 2.57. The number of aliphatic hydroxyl groups excluding tert-OH is 9. The fourth-order valence-corrected chi connectivity index (χ4v) is 12.2. The van der Waals surface area contributed by atoms with E-state index in [0.29, 0.717) is 6.42 Å². The van der Waals surface area contributed by atoms with Gasteiger partial charge >= 0.3 is 0 Å². The fourth-order valence-electron chi connectivity index (χ4n) is 12.2. The molecular formula is C54H80O23. The minimum absolute atomic E-state index is 0.0358. The summed E-state index contributed by atoms with van der Waals surface area (Å²) < 4.78 is 61.7. The van der Waals surface area contributed by atoms with E-state index in [1.807, 2.05) is 0 Å². The fraction of sp³-hybridized carbons (Fsp3) is 0.778. The molecule has 0 aromatic heterocycles. The van der Waals surface area contributed by atoms with E-state index in [0.717, 1.165) is 0 Å². The number of phenols is 2. The molecule has 10 unspecified atom stereocenters. The highest BCUT2D eigenvalue weighted by Crippen LogP contribution is 2.51. The van der Waals surface area contributed by atoms with Crippen molar-refractivity contribution in [1.82, 2.24) is 0 Å². The van der Waals surface area contributed by atoms with Gasteiger partial charge in [0.25, 0.3) is 0 Å². The first-order valence-corrected chi connectivity index (χ1v) is 26.8. The van der Waals surface area contributed by atoms with Crippen molar-refractivity contribution in [3.63, 3.8) is 0 Å². The molecule has 0 spiro atoms. The zero-order chi connectivity index (χ0) is 56.4. The number of methoxy groups -OCH3 is 1. The van der Waals surface area contributed by atoms with Crippen molar-refractivity contribution < 1.29 is 113 Å². The van der Waals surface area contributed by atoms with E-state index in [4.69, 9.17) is 47.4 Å². The molecule has 2 aromatic rings. The maximum Gasteiger partial charge on any atom is 0.202 e. The van der Waals surface area contributed by atoms with Crippen LogP contribution in [0.15, 0.2) is 12.1 Å². The van der Waals surface area contributed by atoms with Crippen molar-refractivity contribution in [3.8, 4) is 17.2 Å². The molecule has 23 heteroatoms. The smallest absolute Gasteiger partial charge is 0.202 e. The largest absolute Gasteiger partial charge is 0.507 e. The van der Waals surface area contributed by atoms with Crippen LogP contribution in [-0.4, -0.2) is 216 Å². The molecule has 0 radical (unpaired) electrons. The van der Waals surface area contributed by atoms with E-state index >= 15 is 4.79 Å². The minimum atomic E-state index is -1.96. The van der Waals surface area contributed by atoms with E-state index in [9.17, 15) is 61.0 Å². The van der Waals surface area contributed by atoms with Gasteiger partial charge in [-0.1, -0.05) is 20.8 Å². The Balaban J connectivity index is 1.07. The molecule has 1 saturated carbocycles. The average molecular weight is 1100 g/mol. The van der Waals surface area contributed by atoms with Crippen LogP contribution in [0.4, 0.5) is 0 Å². The summed E-state index contributed by atoms with van der Waals surface area (Å²) in [5.74, 6) is -3.71. The van der Waals surface area contributed by atoms with Crippen LogP contribution >= 0.6 is 0 Å². The molecule has 4 aliphatic heterocycles. The second kappa shape index (κ2) is 23.7. The highest BCUT2D eigenvalue weighted by atomic mass is 16.7. The Morgan fingerprint density at radius 2 is 1.26 bits per heavy atom. The molecule has 0 amide bonds. The molecule has 6 aliphatic rings. The number of benzene rings is 2. The van der Waals surface area contributed by atoms with Crippen molar-refractivity contribution in [1.29, 1.82) is 0 Å². The van der Waals surface area contributed by atoms with Gasteiger partial charge in [-0.05, 0) is 83.4 Å². The lowest BCUT2D eigenvalue weighted by Crippen LogP contribution is -2.61. The first-order chi connectivity index (χ1) is 36.1. The van der Waals surface area contributed by atoms with Crippen LogP contribution in [-0.2, 0) is 53.8 Å². The van der Waals surface area contributed by atoms with Crippen molar-refractivity contribution >= 4 is 22.3 Å². The highest BCUT2D eigenvalue weighted by molar-refractivity contribution is 6.11. The Hall–Kier alpha value is -3.28. The number of carbonyl (C=O) groups is 2. The van der Waals surface area contributed by atoms with Crippen molar-refractivity contribution in [3.05, 3.63) is 28.8 Å². The van der Waals surface area contributed by atoms with Crippen LogP contribution in [0, 0.1) is 24.2 Å². The number of fused-ring (bicyclic) bond motifs is 2. The Kier molecular flexibility index (Phi) is 18.4. The molecular weight excluding hydrogens is 1020 g/mol. The zero-order valence-electron chi connectivity index (χ0n) is 45.1. The average Bonchev–Trinajstić information content (AvgIpc) is 3.38. The first kappa shape index (κ1) is 59.8. The van der Waals surface area contributed by atoms with E-state index in [1.165, 1.54) is 40.0 Å². The molecule has 26 atom stereocenters. The van der Waals surface area contributed by atoms with Gasteiger partial charge in [-0.15, -0.1) is 0 Å². The van der Waals surface area contributed by atoms with Crippen LogP contribution in [0.3, 0.4) is 0 Å². The van der Waals surface area contributed by atoms with Gasteiger partial charge in [0.05, 0.1) is 84.2 Å². The van der Waals surface area contributed by atoms with E-state index in [2.05, 4.69) is 0 Å². The molecule has 11 N–H and O–H groups in total. The minimum Gasteiger partial charge on any atom is -0.507 e. The topological polar surface area (TPSA) is 349 Å². The number of aromatic hydroxyl groups is 2. The third-order valence-electron chi connectivity index (χ3n) is 16.9. The number of aliphatic hydroxyl groups is 9. The van der Waals surface area contributed by atoms with Crippen LogP contribution in [0.25, 0.3) is 10.8 Å². The molecule has 77 heavy (non-hydrogen) atoms. The van der Waals surface area contributed by atoms with Crippen LogP contribution < -0.4 is 4.74 Å². The summed E-state index contributed by atoms with van der Waals surface area (Å²) in [5.41, 5.74) is -1.66. The van der Waals surface area contributed by atoms with E-state index in [-0.39, 0.29) is 71.2 Å². The standard InChI is InChI=1S/C54H80O23/c1-19-11-29(14-30(56)40(19)58)73-50-21(3)53(72-26(8)46(50)64)76-34-17-37(71-25(7)45(34)63)77-52-48(66)39-28(18-54(52,9)51(68-10)49(67)42(60)22(4)55)12-27-13-32(20(2)41(59)38(27)47(39)65)74-36-16-33(44(62)24(6)70-36)75-35-15-31(57)43(61)23(5)69-35/h12-13,19,21-26,29-31,33-37,40,42-46,50-53,55-65H,11,14-18H2,1-10H3/t19?,21?,22-,23?,24?,25?,26?,29-,30?,31-,33-,34?,35+,36+,37+,40+,42+,43-,44-,45-,46-,50?,51-,52+,53+,54?/m1/s1. The normalized spacial score (nSPS) is 43.1. The Bertz CT molecular complexity index is 2380. The van der Waals surface area contributed by atoms with Gasteiger partial charge in [0, 0.05) is 49.7 Å². The number of Topliss-reactive ketones (excluding diaryl/α,β-unsaturated/α-hetero) is 2. The molecule has 23 nitrogen and oxygen atoms in total. The van der Waals surface area contributed by atoms with Gasteiger partial charge in [0.2, 0.25) is 6.29 Å². The Labute approximate surface area is 446 Å². The molecule has 4 saturated heterocycles. The third-order valence-corrected chi connectivity index (χ3v) is 16.9. The van der Waals surface area contributed by atoms with Gasteiger partial charge in [-0.25, -0.2) is 0 Å². The summed E-state index contributed by atoms with van der Waals surface area (Å²) in [6.45, 7) is 14.2. The van der Waals surface area contributed by atoms with Crippen molar-refractivity contribution in [2.75, 3.05) is 7.11 Å². The third kappa shape index (κ3) is 11.8. The Morgan fingerprint density at radius 1 is 0.688 bits per heavy atom. The second-order valence-corrected chi connectivity index (χ2v) is 22.8. The molecule has 8 rings (SSSR count). The van der Waals surface area contributed by atoms with Gasteiger partial charge in [0.1, 0.15) is 60.0 Å². The quantitative estimate of drug-likeness (QED) is 0.117. The summed E-state index contributed by atoms with van der Waals surface area (Å²) in [5, 5.41) is 121. The molecule has 2 aliphatic carbocycles. The maximum atomic E-state index is 15.3. The second-order valence-electron chi connectivity index (χ2n) is 22.8. The van der Waals surface area contributed by atoms with Crippen LogP contribution in [0.5, 0.6) is 17.2 Å². The van der Waals surface area contributed by atoms with Gasteiger partial charge in [-0.2, -0.15) is 0 Å². The number of rotatable bonds is 15. The van der Waals surface area contributed by atoms with Crippen molar-refractivity contribution in [2.24, 2.45) is 17.3 Å². The Morgan fingerprint density at radius 3 is 1.87 bits per heavy atom. The lowest BCUT2D eigenvalue weighted by Gasteiger charge is -2.48. The lowest BCUT2D eigenvalue weighted by molar-refractivity contribution is -0.332. The van der Waals surface area contributed by atoms with Gasteiger partial charge < -0.3 is 104 Å². The summed E-state index contributed by atoms with van der Waals surface area (Å²) >= 11 is 0. The predicted octanol–water partition coefficient (Wildman–Crippen LogP) is 0.660. The summed E-state index contributed by atoms with van der Waals surface area (Å²) in [7, 11) is 1.20. The number of hydrogen-bond acceptors (Lipinski definition) is 23. The first-order valence-electron chi connectivity index (χ1n) is 26.8. The van der Waals surface area contributed by atoms with Crippen LogP contribution in [0.1, 0.15) is 109 Å². The maximum absolute atomic E-state index is 15.3. The SMILES string of the molecule is CO[C@H](C(=O)[C@@H](O)[C@@H](C)O)C1(C)Cc2cc3cc(O[C@H]4C[C@@H](O[C@H]5C[C@@H](O)[C@H](O)C(C)O5)[C@H](O)C(C)O4)c(C)c(O)c3c(O)c2C(=O)[C@@H]1O[C@H]1CC(O[C@@H]2OC(C)[C@@H](O)C(O[C@@H]3CC(C)[C@H](O)C(O)C3)C2C)[C@H](O)C(C)O1.